The molecule has 0 aliphatic carbocycles. The van der Waals surface area contributed by atoms with Gasteiger partial charge >= 0.3 is 0 Å². The second-order valence-corrected chi connectivity index (χ2v) is 8.27. The van der Waals surface area contributed by atoms with Crippen LogP contribution in [0.5, 0.6) is 0 Å². The van der Waals surface area contributed by atoms with Gasteiger partial charge in [0.15, 0.2) is 4.90 Å². The number of aliphatic hydroxyl groups excluding tert-OH is 1. The summed E-state index contributed by atoms with van der Waals surface area (Å²) in [5.74, 6) is 1.40. The lowest BCUT2D eigenvalue weighted by Gasteiger charge is -2.21. The maximum absolute atomic E-state index is 11.7. The van der Waals surface area contributed by atoms with Crippen LogP contribution in [0.25, 0.3) is 0 Å². The lowest BCUT2D eigenvalue weighted by Crippen LogP contribution is -2.30. The van der Waals surface area contributed by atoms with Gasteiger partial charge in [0.2, 0.25) is 5.95 Å². The third-order valence-electron chi connectivity index (χ3n) is 3.58. The van der Waals surface area contributed by atoms with E-state index < -0.39 is 11.4 Å². The fourth-order valence-corrected chi connectivity index (χ4v) is 3.07. The second-order valence-electron chi connectivity index (χ2n) is 5.69. The van der Waals surface area contributed by atoms with E-state index in [2.05, 4.69) is 47.9 Å². The van der Waals surface area contributed by atoms with E-state index in [0.717, 1.165) is 9.26 Å². The predicted octanol–water partition coefficient (Wildman–Crippen LogP) is 2.50. The molecule has 0 aliphatic rings. The van der Waals surface area contributed by atoms with Gasteiger partial charge in [-0.25, -0.2) is 4.98 Å². The number of nitrogens with one attached hydrogen (secondary N) is 3. The molecule has 9 heteroatoms. The predicted molar refractivity (Wildman–Crippen MR) is 109 cm³/mol. The molecule has 1 heterocycles. The van der Waals surface area contributed by atoms with Gasteiger partial charge in [0.1, 0.15) is 5.82 Å². The Morgan fingerprint density at radius 3 is 2.52 bits per heavy atom. The van der Waals surface area contributed by atoms with Gasteiger partial charge in [0.25, 0.3) is 0 Å². The fraction of sp³-hybridized carbons (Fsp3) is 0.375. The summed E-state index contributed by atoms with van der Waals surface area (Å²) in [5, 5.41) is 15.9. The number of halogens is 1. The minimum atomic E-state index is -1.21. The molecule has 0 saturated carbocycles. The first-order chi connectivity index (χ1) is 11.9. The van der Waals surface area contributed by atoms with Crippen molar-refractivity contribution in [2.75, 3.05) is 24.3 Å². The maximum atomic E-state index is 11.7. The van der Waals surface area contributed by atoms with Crippen molar-refractivity contribution in [3.05, 3.63) is 34.0 Å². The van der Waals surface area contributed by atoms with Gasteiger partial charge in [-0.2, -0.15) is 4.98 Å². The van der Waals surface area contributed by atoms with Crippen LogP contribution < -0.4 is 15.4 Å². The largest absolute Gasteiger partial charge is 0.593 e. The smallest absolute Gasteiger partial charge is 0.229 e. The molecule has 0 radical (unpaired) electrons. The van der Waals surface area contributed by atoms with Crippen LogP contribution in [-0.4, -0.2) is 39.3 Å². The topological polar surface area (TPSA) is 105 Å². The zero-order valence-electron chi connectivity index (χ0n) is 14.3. The number of hydrogen-bond acceptors (Lipinski definition) is 7. The van der Waals surface area contributed by atoms with Gasteiger partial charge in [-0.1, -0.05) is 13.8 Å². The summed E-state index contributed by atoms with van der Waals surface area (Å²) >= 11 is 0.951. The molecule has 0 amide bonds. The van der Waals surface area contributed by atoms with Gasteiger partial charge in [0, 0.05) is 18.9 Å². The zero-order chi connectivity index (χ0) is 18.4. The molecule has 1 aromatic carbocycles. The van der Waals surface area contributed by atoms with Crippen molar-refractivity contribution in [2.24, 2.45) is 5.92 Å². The molecule has 0 bridgehead atoms. The molecule has 136 valence electrons. The van der Waals surface area contributed by atoms with E-state index in [-0.39, 0.29) is 18.6 Å². The van der Waals surface area contributed by atoms with E-state index in [1.807, 2.05) is 26.0 Å². The molecule has 0 fully saturated rings. The van der Waals surface area contributed by atoms with Crippen molar-refractivity contribution < 1.29 is 9.66 Å². The first kappa shape index (κ1) is 20.2. The number of benzene rings is 1. The van der Waals surface area contributed by atoms with Crippen molar-refractivity contribution >= 4 is 51.4 Å². The quantitative estimate of drug-likeness (QED) is 0.344. The zero-order valence-corrected chi connectivity index (χ0v) is 17.3. The van der Waals surface area contributed by atoms with Gasteiger partial charge in [-0.3, -0.25) is 0 Å². The summed E-state index contributed by atoms with van der Waals surface area (Å²) in [4.78, 5) is 9.46. The Labute approximate surface area is 164 Å². The van der Waals surface area contributed by atoms with Crippen molar-refractivity contribution in [3.8, 4) is 0 Å². The van der Waals surface area contributed by atoms with E-state index in [4.69, 9.17) is 0 Å². The number of aliphatic hydroxyl groups is 1. The normalized spacial score (nSPS) is 13.6. The third-order valence-corrected chi connectivity index (χ3v) is 5.44. The molecule has 1 aromatic heterocycles. The third kappa shape index (κ3) is 5.68. The van der Waals surface area contributed by atoms with E-state index in [0.29, 0.717) is 16.7 Å². The molecule has 7 nitrogen and oxygen atoms in total. The Balaban J connectivity index is 2.13. The van der Waals surface area contributed by atoms with Gasteiger partial charge in [-0.05, 0) is 52.8 Å². The van der Waals surface area contributed by atoms with Crippen LogP contribution in [0, 0.1) is 9.49 Å². The Kier molecular flexibility index (Phi) is 7.69. The fourth-order valence-electron chi connectivity index (χ4n) is 2.04. The minimum Gasteiger partial charge on any atom is -0.593 e. The molecule has 1 unspecified atom stereocenters. The Morgan fingerprint density at radius 1 is 1.28 bits per heavy atom. The molecule has 0 aliphatic heterocycles. The summed E-state index contributed by atoms with van der Waals surface area (Å²) in [6.07, 6.45) is 1.72. The van der Waals surface area contributed by atoms with E-state index in [1.165, 1.54) is 0 Å². The molecular formula is C16H22IN5O2S. The molecule has 4 N–H and O–H groups in total. The van der Waals surface area contributed by atoms with Crippen LogP contribution >= 0.6 is 22.6 Å². The van der Waals surface area contributed by atoms with Gasteiger partial charge in [-0.15, -0.1) is 4.72 Å². The number of anilines is 3. The highest BCUT2D eigenvalue weighted by Crippen LogP contribution is 2.21. The SMILES string of the molecule is CN[S+]([O-])c1ccc(Nc2ncc(I)c(N[C@@H](CO)C(C)C)n2)cc1. The number of nitrogens with zero attached hydrogens (tertiary/aromatic N) is 2. The number of hydrogen-bond donors (Lipinski definition) is 4. The molecule has 2 atom stereocenters. The Morgan fingerprint density at radius 2 is 1.96 bits per heavy atom. The highest BCUT2D eigenvalue weighted by molar-refractivity contribution is 14.1. The average Bonchev–Trinajstić information content (AvgIpc) is 2.61. The van der Waals surface area contributed by atoms with Crippen LogP contribution in [0.1, 0.15) is 13.8 Å². The van der Waals surface area contributed by atoms with Gasteiger partial charge < -0.3 is 20.3 Å². The second kappa shape index (κ2) is 9.53. The van der Waals surface area contributed by atoms with Crippen LogP contribution in [0.4, 0.5) is 17.5 Å². The standard InChI is InChI=1S/C16H22IN5O2S/c1-10(2)14(9-23)21-15-13(17)8-19-16(22-15)20-11-4-6-12(7-5-11)25(24)18-3/h4-8,10,14,18,23H,9H2,1-3H3,(H2,19,20,21,22)/t14-,25?/m0/s1. The monoisotopic (exact) mass is 475 g/mol. The first-order valence-corrected chi connectivity index (χ1v) is 10.0. The first-order valence-electron chi connectivity index (χ1n) is 7.80. The lowest BCUT2D eigenvalue weighted by molar-refractivity contribution is 0.249. The van der Waals surface area contributed by atoms with Crippen LogP contribution in [0.15, 0.2) is 35.4 Å². The highest BCUT2D eigenvalue weighted by atomic mass is 127. The van der Waals surface area contributed by atoms with Crippen molar-refractivity contribution in [1.29, 1.82) is 0 Å². The Hall–Kier alpha value is -1.14. The minimum absolute atomic E-state index is 0.0323. The molecule has 2 aromatic rings. The number of rotatable bonds is 8. The molecule has 2 rings (SSSR count). The van der Waals surface area contributed by atoms with Crippen LogP contribution in [-0.2, 0) is 11.4 Å². The summed E-state index contributed by atoms with van der Waals surface area (Å²) in [7, 11) is 1.65. The number of aromatic nitrogens is 2. The summed E-state index contributed by atoms with van der Waals surface area (Å²) in [5.41, 5.74) is 0.798. The van der Waals surface area contributed by atoms with E-state index >= 15 is 0 Å². The van der Waals surface area contributed by atoms with E-state index in [1.54, 1.807) is 25.4 Å². The molecule has 25 heavy (non-hydrogen) atoms. The summed E-state index contributed by atoms with van der Waals surface area (Å²) in [6, 6.07) is 7.13. The van der Waals surface area contributed by atoms with Crippen molar-refractivity contribution in [3.63, 3.8) is 0 Å². The van der Waals surface area contributed by atoms with Crippen molar-refractivity contribution in [2.45, 2.75) is 24.8 Å². The summed E-state index contributed by atoms with van der Waals surface area (Å²) < 4.78 is 15.2. The van der Waals surface area contributed by atoms with Crippen molar-refractivity contribution in [1.82, 2.24) is 14.7 Å². The molecule has 0 spiro atoms. The highest BCUT2D eigenvalue weighted by Gasteiger charge is 2.15. The molecule has 0 saturated heterocycles. The average molecular weight is 475 g/mol. The van der Waals surface area contributed by atoms with E-state index in [9.17, 15) is 9.66 Å². The van der Waals surface area contributed by atoms with Gasteiger partial charge in [0.05, 0.1) is 27.6 Å². The summed E-state index contributed by atoms with van der Waals surface area (Å²) in [6.45, 7) is 4.11. The Bertz CT molecular complexity index is 687. The molecular weight excluding hydrogens is 453 g/mol. The van der Waals surface area contributed by atoms with Crippen LogP contribution in [0.2, 0.25) is 0 Å². The lowest BCUT2D eigenvalue weighted by atomic mass is 10.1. The van der Waals surface area contributed by atoms with Crippen LogP contribution in [0.3, 0.4) is 0 Å². The maximum Gasteiger partial charge on any atom is 0.229 e.